The van der Waals surface area contributed by atoms with Crippen molar-refractivity contribution in [3.05, 3.63) is 12.3 Å². The monoisotopic (exact) mass is 252 g/mol. The van der Waals surface area contributed by atoms with Crippen LogP contribution in [-0.2, 0) is 11.3 Å². The Hall–Kier alpha value is -1.56. The van der Waals surface area contributed by atoms with E-state index in [1.807, 2.05) is 0 Å². The van der Waals surface area contributed by atoms with Gasteiger partial charge in [0.25, 0.3) is 0 Å². The lowest BCUT2D eigenvalue weighted by atomic mass is 10.2. The molecule has 0 aromatic carbocycles. The van der Waals surface area contributed by atoms with Crippen LogP contribution >= 0.6 is 0 Å². The van der Waals surface area contributed by atoms with Gasteiger partial charge in [-0.3, -0.25) is 9.48 Å². The first-order chi connectivity index (χ1) is 8.70. The largest absolute Gasteiger partial charge is 0.395 e. The van der Waals surface area contributed by atoms with Gasteiger partial charge >= 0.3 is 0 Å². The highest BCUT2D eigenvalue weighted by molar-refractivity contribution is 5.76. The van der Waals surface area contributed by atoms with Crippen molar-refractivity contribution < 1.29 is 9.90 Å². The first kappa shape index (κ1) is 12.9. The maximum Gasteiger partial charge on any atom is 0.244 e. The Kier molecular flexibility index (Phi) is 4.19. The van der Waals surface area contributed by atoms with Crippen molar-refractivity contribution in [2.24, 2.45) is 0 Å². The second kappa shape index (κ2) is 5.86. The summed E-state index contributed by atoms with van der Waals surface area (Å²) >= 11 is 0. The second-order valence-electron chi connectivity index (χ2n) is 4.69. The molecule has 1 aromatic heterocycles. The van der Waals surface area contributed by atoms with E-state index >= 15 is 0 Å². The number of aliphatic hydroxyl groups excluding tert-OH is 1. The van der Waals surface area contributed by atoms with Gasteiger partial charge in [-0.1, -0.05) is 12.8 Å². The summed E-state index contributed by atoms with van der Waals surface area (Å²) in [6, 6.07) is 1.94. The van der Waals surface area contributed by atoms with Crippen molar-refractivity contribution in [1.29, 1.82) is 0 Å². The number of aliphatic hydroxyl groups is 1. The summed E-state index contributed by atoms with van der Waals surface area (Å²) < 4.78 is 1.54. The maximum atomic E-state index is 12.2. The minimum Gasteiger partial charge on any atom is -0.395 e. The van der Waals surface area contributed by atoms with Crippen LogP contribution in [-0.4, -0.2) is 44.9 Å². The smallest absolute Gasteiger partial charge is 0.244 e. The number of amides is 1. The van der Waals surface area contributed by atoms with E-state index < -0.39 is 0 Å². The third-order valence-corrected chi connectivity index (χ3v) is 3.39. The zero-order valence-corrected chi connectivity index (χ0v) is 10.5. The summed E-state index contributed by atoms with van der Waals surface area (Å²) in [6.45, 7) is 0.595. The van der Waals surface area contributed by atoms with Gasteiger partial charge in [0.15, 0.2) is 0 Å². The molecule has 1 fully saturated rings. The van der Waals surface area contributed by atoms with E-state index in [-0.39, 0.29) is 25.1 Å². The van der Waals surface area contributed by atoms with Gasteiger partial charge in [0, 0.05) is 18.8 Å². The topological polar surface area (TPSA) is 84.4 Å². The number of hydrogen-bond donors (Lipinski definition) is 2. The molecule has 6 heteroatoms. The molecule has 3 N–H and O–H groups in total. The molecule has 2 rings (SSSR count). The molecular weight excluding hydrogens is 232 g/mol. The SMILES string of the molecule is Nc1ccn(CC(=O)N(CCO)C2CCCC2)n1. The zero-order valence-electron chi connectivity index (χ0n) is 10.5. The first-order valence-corrected chi connectivity index (χ1v) is 6.40. The standard InChI is InChI=1S/C12H20N4O2/c13-11-5-6-15(14-11)9-12(18)16(7-8-17)10-3-1-2-4-10/h5-6,10,17H,1-4,7-9H2,(H2,13,14). The van der Waals surface area contributed by atoms with Crippen LogP contribution in [0.3, 0.4) is 0 Å². The van der Waals surface area contributed by atoms with Crippen LogP contribution in [0.25, 0.3) is 0 Å². The summed E-state index contributed by atoms with van der Waals surface area (Å²) in [7, 11) is 0. The molecule has 0 bridgehead atoms. The van der Waals surface area contributed by atoms with E-state index in [0.29, 0.717) is 12.4 Å². The third-order valence-electron chi connectivity index (χ3n) is 3.39. The van der Waals surface area contributed by atoms with Crippen LogP contribution in [0.5, 0.6) is 0 Å². The lowest BCUT2D eigenvalue weighted by Crippen LogP contribution is -2.42. The molecule has 1 aliphatic rings. The number of rotatable bonds is 5. The molecule has 1 amide bonds. The highest BCUT2D eigenvalue weighted by Gasteiger charge is 2.26. The van der Waals surface area contributed by atoms with Gasteiger partial charge in [-0.15, -0.1) is 0 Å². The van der Waals surface area contributed by atoms with E-state index in [1.165, 1.54) is 4.68 Å². The lowest BCUT2D eigenvalue weighted by Gasteiger charge is -2.28. The molecule has 6 nitrogen and oxygen atoms in total. The molecule has 0 unspecified atom stereocenters. The molecule has 0 radical (unpaired) electrons. The maximum absolute atomic E-state index is 12.2. The molecular formula is C12H20N4O2. The van der Waals surface area contributed by atoms with Crippen LogP contribution in [0, 0.1) is 0 Å². The van der Waals surface area contributed by atoms with Crippen LogP contribution in [0.15, 0.2) is 12.3 Å². The van der Waals surface area contributed by atoms with Crippen molar-refractivity contribution in [3.8, 4) is 0 Å². The van der Waals surface area contributed by atoms with E-state index in [0.717, 1.165) is 25.7 Å². The summed E-state index contributed by atoms with van der Waals surface area (Å²) in [5.74, 6) is 0.413. The number of anilines is 1. The van der Waals surface area contributed by atoms with Crippen molar-refractivity contribution in [3.63, 3.8) is 0 Å². The predicted molar refractivity (Wildman–Crippen MR) is 67.7 cm³/mol. The summed E-state index contributed by atoms with van der Waals surface area (Å²) in [5, 5.41) is 13.1. The van der Waals surface area contributed by atoms with E-state index in [9.17, 15) is 4.79 Å². The first-order valence-electron chi connectivity index (χ1n) is 6.40. The van der Waals surface area contributed by atoms with Gasteiger partial charge < -0.3 is 15.7 Å². The van der Waals surface area contributed by atoms with E-state index in [4.69, 9.17) is 10.8 Å². The van der Waals surface area contributed by atoms with Gasteiger partial charge in [0.2, 0.25) is 5.91 Å². The number of hydrogen-bond acceptors (Lipinski definition) is 4. The molecule has 18 heavy (non-hydrogen) atoms. The molecule has 1 aliphatic carbocycles. The Morgan fingerprint density at radius 1 is 1.56 bits per heavy atom. The molecule has 0 spiro atoms. The Morgan fingerprint density at radius 3 is 2.83 bits per heavy atom. The Morgan fingerprint density at radius 2 is 2.28 bits per heavy atom. The van der Waals surface area contributed by atoms with Crippen molar-refractivity contribution in [1.82, 2.24) is 14.7 Å². The third kappa shape index (κ3) is 3.01. The zero-order chi connectivity index (χ0) is 13.0. The molecule has 100 valence electrons. The fourth-order valence-electron chi connectivity index (χ4n) is 2.53. The fraction of sp³-hybridized carbons (Fsp3) is 0.667. The molecule has 0 saturated heterocycles. The summed E-state index contributed by atoms with van der Waals surface area (Å²) in [6.07, 6.45) is 6.09. The van der Waals surface area contributed by atoms with Gasteiger partial charge in [-0.25, -0.2) is 0 Å². The number of aromatic nitrogens is 2. The molecule has 0 aliphatic heterocycles. The number of carbonyl (C=O) groups is 1. The van der Waals surface area contributed by atoms with Crippen LogP contribution in [0.2, 0.25) is 0 Å². The highest BCUT2D eigenvalue weighted by atomic mass is 16.3. The van der Waals surface area contributed by atoms with Gasteiger partial charge in [-0.05, 0) is 18.9 Å². The van der Waals surface area contributed by atoms with E-state index in [1.54, 1.807) is 17.2 Å². The fourth-order valence-corrected chi connectivity index (χ4v) is 2.53. The Labute approximate surface area is 106 Å². The van der Waals surface area contributed by atoms with Gasteiger partial charge in [-0.2, -0.15) is 5.10 Å². The molecule has 0 atom stereocenters. The van der Waals surface area contributed by atoms with Gasteiger partial charge in [0.05, 0.1) is 6.61 Å². The lowest BCUT2D eigenvalue weighted by molar-refractivity contribution is -0.134. The average Bonchev–Trinajstić information content (AvgIpc) is 2.97. The average molecular weight is 252 g/mol. The number of nitrogens with zero attached hydrogens (tertiary/aromatic N) is 3. The molecule has 1 saturated carbocycles. The van der Waals surface area contributed by atoms with Crippen molar-refractivity contribution >= 4 is 11.7 Å². The Balaban J connectivity index is 1.98. The second-order valence-corrected chi connectivity index (χ2v) is 4.69. The number of carbonyl (C=O) groups excluding carboxylic acids is 1. The van der Waals surface area contributed by atoms with Crippen LogP contribution < -0.4 is 5.73 Å². The normalized spacial score (nSPS) is 16.1. The minimum absolute atomic E-state index is 0.000880. The number of nitrogens with two attached hydrogens (primary N) is 1. The van der Waals surface area contributed by atoms with Crippen molar-refractivity contribution in [2.45, 2.75) is 38.3 Å². The Bertz CT molecular complexity index is 399. The minimum atomic E-state index is -0.000880. The van der Waals surface area contributed by atoms with Crippen molar-refractivity contribution in [2.75, 3.05) is 18.9 Å². The van der Waals surface area contributed by atoms with Crippen LogP contribution in [0.1, 0.15) is 25.7 Å². The van der Waals surface area contributed by atoms with Crippen LogP contribution in [0.4, 0.5) is 5.82 Å². The highest BCUT2D eigenvalue weighted by Crippen LogP contribution is 2.23. The summed E-state index contributed by atoms with van der Waals surface area (Å²) in [5.41, 5.74) is 5.51. The van der Waals surface area contributed by atoms with E-state index in [2.05, 4.69) is 5.10 Å². The van der Waals surface area contributed by atoms with Gasteiger partial charge in [0.1, 0.15) is 12.4 Å². The quantitative estimate of drug-likeness (QED) is 0.785. The summed E-state index contributed by atoms with van der Waals surface area (Å²) in [4.78, 5) is 14.0. The number of nitrogen functional groups attached to an aromatic ring is 1. The predicted octanol–water partition coefficient (Wildman–Crippen LogP) is 0.229. The molecule has 1 aromatic rings. The molecule has 1 heterocycles.